The van der Waals surface area contributed by atoms with Gasteiger partial charge < -0.3 is 25.0 Å². The number of piperidine rings is 1. The van der Waals surface area contributed by atoms with Crippen LogP contribution in [0.4, 0.5) is 0 Å². The van der Waals surface area contributed by atoms with Crippen LogP contribution in [0.2, 0.25) is 0 Å². The molecule has 3 aliphatic rings. The summed E-state index contributed by atoms with van der Waals surface area (Å²) in [6.07, 6.45) is 2.91. The number of hydrogen-bond donors (Lipinski definition) is 2. The minimum absolute atomic E-state index is 0.0401. The Morgan fingerprint density at radius 1 is 1.12 bits per heavy atom. The summed E-state index contributed by atoms with van der Waals surface area (Å²) >= 11 is 0. The number of para-hydroxylation sites is 2. The number of nitrogens with zero attached hydrogens (tertiary/aromatic N) is 1. The molecule has 2 saturated heterocycles. The fourth-order valence-electron chi connectivity index (χ4n) is 3.80. The molecule has 1 aromatic carbocycles. The highest BCUT2D eigenvalue weighted by Gasteiger charge is 2.34. The van der Waals surface area contributed by atoms with E-state index in [1.54, 1.807) is 0 Å². The maximum atomic E-state index is 12.7. The second-order valence-electron chi connectivity index (χ2n) is 7.12. The third kappa shape index (κ3) is 3.62. The SMILES string of the molecule is O=C(NC1CCN(C(=O)C2COc3ccccc3O2)CC1)C1CCCN1. The van der Waals surface area contributed by atoms with Gasteiger partial charge in [0.1, 0.15) is 6.61 Å². The molecule has 7 heteroatoms. The van der Waals surface area contributed by atoms with E-state index in [4.69, 9.17) is 9.47 Å². The second kappa shape index (κ2) is 7.53. The third-order valence-electron chi connectivity index (χ3n) is 5.31. The van der Waals surface area contributed by atoms with Crippen LogP contribution in [-0.4, -0.2) is 61.1 Å². The number of carbonyl (C=O) groups is 2. The van der Waals surface area contributed by atoms with Crippen molar-refractivity contribution < 1.29 is 19.1 Å². The van der Waals surface area contributed by atoms with Crippen molar-refractivity contribution in [2.75, 3.05) is 26.2 Å². The first-order valence-electron chi connectivity index (χ1n) is 9.42. The largest absolute Gasteiger partial charge is 0.485 e. The van der Waals surface area contributed by atoms with Crippen molar-refractivity contribution in [3.8, 4) is 11.5 Å². The Balaban J connectivity index is 1.27. The molecule has 7 nitrogen and oxygen atoms in total. The van der Waals surface area contributed by atoms with Crippen molar-refractivity contribution in [1.29, 1.82) is 0 Å². The number of rotatable bonds is 3. The number of nitrogens with one attached hydrogen (secondary N) is 2. The molecule has 3 aliphatic heterocycles. The van der Waals surface area contributed by atoms with Gasteiger partial charge >= 0.3 is 0 Å². The molecule has 0 saturated carbocycles. The molecule has 0 spiro atoms. The molecule has 140 valence electrons. The van der Waals surface area contributed by atoms with Crippen LogP contribution in [0.15, 0.2) is 24.3 Å². The Bertz CT molecular complexity index is 667. The summed E-state index contributed by atoms with van der Waals surface area (Å²) in [5.74, 6) is 1.34. The molecule has 2 unspecified atom stereocenters. The molecule has 1 aromatic rings. The number of benzene rings is 1. The number of ether oxygens (including phenoxy) is 2. The van der Waals surface area contributed by atoms with E-state index in [9.17, 15) is 9.59 Å². The lowest BCUT2D eigenvalue weighted by Crippen LogP contribution is -2.53. The van der Waals surface area contributed by atoms with E-state index in [0.717, 1.165) is 32.2 Å². The van der Waals surface area contributed by atoms with Crippen molar-refractivity contribution in [3.05, 3.63) is 24.3 Å². The molecule has 2 N–H and O–H groups in total. The standard InChI is InChI=1S/C19H25N3O4/c23-18(14-4-3-9-20-14)21-13-7-10-22(11-8-13)19(24)17-12-25-15-5-1-2-6-16(15)26-17/h1-2,5-6,13-14,17,20H,3-4,7-12H2,(H,21,23). The van der Waals surface area contributed by atoms with Gasteiger partial charge in [0.15, 0.2) is 11.5 Å². The Labute approximate surface area is 153 Å². The van der Waals surface area contributed by atoms with E-state index in [0.29, 0.717) is 24.6 Å². The van der Waals surface area contributed by atoms with Crippen LogP contribution < -0.4 is 20.1 Å². The number of likely N-dealkylation sites (tertiary alicyclic amines) is 1. The summed E-state index contributed by atoms with van der Waals surface area (Å²) in [5.41, 5.74) is 0. The monoisotopic (exact) mass is 359 g/mol. The molecule has 0 aromatic heterocycles. The van der Waals surface area contributed by atoms with Gasteiger partial charge in [0.05, 0.1) is 6.04 Å². The molecule has 4 rings (SSSR count). The van der Waals surface area contributed by atoms with E-state index in [2.05, 4.69) is 10.6 Å². The Morgan fingerprint density at radius 2 is 1.88 bits per heavy atom. The lowest BCUT2D eigenvalue weighted by Gasteiger charge is -2.35. The zero-order valence-corrected chi connectivity index (χ0v) is 14.8. The Kier molecular flexibility index (Phi) is 4.97. The van der Waals surface area contributed by atoms with Crippen LogP contribution in [-0.2, 0) is 9.59 Å². The highest BCUT2D eigenvalue weighted by atomic mass is 16.6. The molecule has 2 fully saturated rings. The number of hydrogen-bond acceptors (Lipinski definition) is 5. The zero-order chi connectivity index (χ0) is 17.9. The highest BCUT2D eigenvalue weighted by Crippen LogP contribution is 2.31. The predicted molar refractivity (Wildman–Crippen MR) is 95.1 cm³/mol. The number of amides is 2. The molecule has 2 atom stereocenters. The van der Waals surface area contributed by atoms with E-state index in [-0.39, 0.29) is 30.5 Å². The molecule has 3 heterocycles. The van der Waals surface area contributed by atoms with Crippen LogP contribution in [0, 0.1) is 0 Å². The first-order valence-corrected chi connectivity index (χ1v) is 9.42. The van der Waals surface area contributed by atoms with Gasteiger partial charge in [-0.1, -0.05) is 12.1 Å². The second-order valence-corrected chi connectivity index (χ2v) is 7.12. The van der Waals surface area contributed by atoms with E-state index >= 15 is 0 Å². The summed E-state index contributed by atoms with van der Waals surface area (Å²) in [5, 5.41) is 6.33. The summed E-state index contributed by atoms with van der Waals surface area (Å²) in [6, 6.07) is 7.48. The van der Waals surface area contributed by atoms with Crippen molar-refractivity contribution in [1.82, 2.24) is 15.5 Å². The van der Waals surface area contributed by atoms with Gasteiger partial charge in [-0.3, -0.25) is 9.59 Å². The third-order valence-corrected chi connectivity index (χ3v) is 5.31. The average molecular weight is 359 g/mol. The molecule has 0 radical (unpaired) electrons. The quantitative estimate of drug-likeness (QED) is 0.830. The summed E-state index contributed by atoms with van der Waals surface area (Å²) < 4.78 is 11.5. The molecule has 0 bridgehead atoms. The van der Waals surface area contributed by atoms with Crippen molar-refractivity contribution in [2.45, 2.75) is 43.9 Å². The van der Waals surface area contributed by atoms with Crippen molar-refractivity contribution in [2.24, 2.45) is 0 Å². The highest BCUT2D eigenvalue weighted by molar-refractivity contribution is 5.83. The maximum absolute atomic E-state index is 12.7. The van der Waals surface area contributed by atoms with Gasteiger partial charge in [-0.05, 0) is 44.4 Å². The minimum atomic E-state index is -0.598. The van der Waals surface area contributed by atoms with Gasteiger partial charge in [-0.25, -0.2) is 0 Å². The van der Waals surface area contributed by atoms with Crippen molar-refractivity contribution in [3.63, 3.8) is 0 Å². The van der Waals surface area contributed by atoms with Gasteiger partial charge in [-0.2, -0.15) is 0 Å². The lowest BCUT2D eigenvalue weighted by atomic mass is 10.0. The first kappa shape index (κ1) is 17.1. The molecule has 2 amide bonds. The number of fused-ring (bicyclic) bond motifs is 1. The summed E-state index contributed by atoms with van der Waals surface area (Å²) in [6.45, 7) is 2.41. The molecular weight excluding hydrogens is 334 g/mol. The van der Waals surface area contributed by atoms with Crippen LogP contribution >= 0.6 is 0 Å². The van der Waals surface area contributed by atoms with Gasteiger partial charge in [-0.15, -0.1) is 0 Å². The Morgan fingerprint density at radius 3 is 2.62 bits per heavy atom. The Hall–Kier alpha value is -2.28. The summed E-state index contributed by atoms with van der Waals surface area (Å²) in [4.78, 5) is 26.7. The van der Waals surface area contributed by atoms with Crippen molar-refractivity contribution >= 4 is 11.8 Å². The van der Waals surface area contributed by atoms with Gasteiger partial charge in [0, 0.05) is 19.1 Å². The fraction of sp³-hybridized carbons (Fsp3) is 0.579. The van der Waals surface area contributed by atoms with Crippen LogP contribution in [0.25, 0.3) is 0 Å². The van der Waals surface area contributed by atoms with Crippen LogP contribution in [0.3, 0.4) is 0 Å². The number of carbonyl (C=O) groups excluding carboxylic acids is 2. The van der Waals surface area contributed by atoms with Crippen LogP contribution in [0.5, 0.6) is 11.5 Å². The minimum Gasteiger partial charge on any atom is -0.485 e. The lowest BCUT2D eigenvalue weighted by molar-refractivity contribution is -0.142. The average Bonchev–Trinajstić information content (AvgIpc) is 3.23. The van der Waals surface area contributed by atoms with Gasteiger partial charge in [0.2, 0.25) is 12.0 Å². The molecular formula is C19H25N3O4. The smallest absolute Gasteiger partial charge is 0.267 e. The fourth-order valence-corrected chi connectivity index (χ4v) is 3.80. The van der Waals surface area contributed by atoms with Crippen LogP contribution in [0.1, 0.15) is 25.7 Å². The van der Waals surface area contributed by atoms with E-state index < -0.39 is 6.10 Å². The summed E-state index contributed by atoms with van der Waals surface area (Å²) in [7, 11) is 0. The first-order chi connectivity index (χ1) is 12.7. The predicted octanol–water partition coefficient (Wildman–Crippen LogP) is 0.686. The van der Waals surface area contributed by atoms with E-state index in [1.807, 2.05) is 29.2 Å². The zero-order valence-electron chi connectivity index (χ0n) is 14.8. The molecule has 0 aliphatic carbocycles. The topological polar surface area (TPSA) is 79.9 Å². The maximum Gasteiger partial charge on any atom is 0.267 e. The molecule has 26 heavy (non-hydrogen) atoms. The van der Waals surface area contributed by atoms with E-state index in [1.165, 1.54) is 0 Å². The van der Waals surface area contributed by atoms with Gasteiger partial charge in [0.25, 0.3) is 5.91 Å². The normalized spacial score (nSPS) is 25.8.